The van der Waals surface area contributed by atoms with Crippen molar-refractivity contribution in [2.75, 3.05) is 0 Å². The summed E-state index contributed by atoms with van der Waals surface area (Å²) >= 11 is 5.15. The first-order valence-corrected chi connectivity index (χ1v) is 6.32. The molecule has 0 saturated carbocycles. The van der Waals surface area contributed by atoms with Crippen molar-refractivity contribution in [1.82, 2.24) is 4.98 Å². The largest absolute Gasteiger partial charge is 0.324 e. The van der Waals surface area contributed by atoms with Crippen LogP contribution in [0, 0.1) is 0 Å². The van der Waals surface area contributed by atoms with Gasteiger partial charge in [-0.05, 0) is 11.6 Å². The van der Waals surface area contributed by atoms with E-state index in [0.29, 0.717) is 0 Å². The lowest BCUT2D eigenvalue weighted by Crippen LogP contribution is -2.13. The van der Waals surface area contributed by atoms with Gasteiger partial charge in [0.2, 0.25) is 0 Å². The minimum atomic E-state index is 0.0287. The van der Waals surface area contributed by atoms with E-state index in [2.05, 4.69) is 27.0 Å². The lowest BCUT2D eigenvalue weighted by Gasteiger charge is -2.12. The number of hydrogen-bond acceptors (Lipinski definition) is 3. The van der Waals surface area contributed by atoms with E-state index in [0.717, 1.165) is 16.5 Å². The lowest BCUT2D eigenvalue weighted by atomic mass is 10.0. The fourth-order valence-corrected chi connectivity index (χ4v) is 2.68. The molecule has 0 radical (unpaired) electrons. The molecule has 2 nitrogen and oxygen atoms in total. The van der Waals surface area contributed by atoms with Gasteiger partial charge < -0.3 is 5.73 Å². The number of hydrogen-bond donors (Lipinski definition) is 1. The van der Waals surface area contributed by atoms with Crippen LogP contribution in [0.1, 0.15) is 16.5 Å². The maximum atomic E-state index is 6.14. The average Bonchev–Trinajstić information content (AvgIpc) is 2.71. The fourth-order valence-electron chi connectivity index (χ4n) is 1.45. The zero-order valence-corrected chi connectivity index (χ0v) is 10.5. The first-order chi connectivity index (χ1) is 7.27. The van der Waals surface area contributed by atoms with E-state index in [1.807, 2.05) is 29.9 Å². The Kier molecular flexibility index (Phi) is 3.51. The summed E-state index contributed by atoms with van der Waals surface area (Å²) < 4.78 is 1.07. The first kappa shape index (κ1) is 10.8. The SMILES string of the molecule is NC(Cc1cncs1)c1ccccc1Br. The molecule has 0 fully saturated rings. The third kappa shape index (κ3) is 2.65. The van der Waals surface area contributed by atoms with Crippen LogP contribution in [0.25, 0.3) is 0 Å². The zero-order valence-electron chi connectivity index (χ0n) is 8.06. The third-order valence-electron chi connectivity index (χ3n) is 2.21. The molecule has 0 saturated heterocycles. The van der Waals surface area contributed by atoms with E-state index >= 15 is 0 Å². The van der Waals surface area contributed by atoms with Gasteiger partial charge in [-0.3, -0.25) is 4.98 Å². The predicted octanol–water partition coefficient (Wildman–Crippen LogP) is 3.15. The number of nitrogens with zero attached hydrogens (tertiary/aromatic N) is 1. The van der Waals surface area contributed by atoms with Gasteiger partial charge in [0.05, 0.1) is 5.51 Å². The standard InChI is InChI=1S/C11H11BrN2S/c12-10-4-2-1-3-9(10)11(13)5-8-6-14-7-15-8/h1-4,6-7,11H,5,13H2. The minimum Gasteiger partial charge on any atom is -0.324 e. The molecular weight excluding hydrogens is 272 g/mol. The van der Waals surface area contributed by atoms with Crippen LogP contribution >= 0.6 is 27.3 Å². The molecule has 2 aromatic rings. The Morgan fingerprint density at radius 2 is 2.20 bits per heavy atom. The van der Waals surface area contributed by atoms with Crippen molar-refractivity contribution in [2.45, 2.75) is 12.5 Å². The van der Waals surface area contributed by atoms with Gasteiger partial charge in [0.1, 0.15) is 0 Å². The highest BCUT2D eigenvalue weighted by Crippen LogP contribution is 2.24. The molecule has 0 aliphatic rings. The Morgan fingerprint density at radius 1 is 1.40 bits per heavy atom. The summed E-state index contributed by atoms with van der Waals surface area (Å²) in [5.41, 5.74) is 9.12. The third-order valence-corrected chi connectivity index (χ3v) is 3.73. The highest BCUT2D eigenvalue weighted by Gasteiger charge is 2.10. The van der Waals surface area contributed by atoms with Crippen LogP contribution in [0.4, 0.5) is 0 Å². The fraction of sp³-hybridized carbons (Fsp3) is 0.182. The summed E-state index contributed by atoms with van der Waals surface area (Å²) in [6, 6.07) is 8.10. The zero-order chi connectivity index (χ0) is 10.7. The van der Waals surface area contributed by atoms with Gasteiger partial charge in [-0.2, -0.15) is 0 Å². The molecule has 1 heterocycles. The van der Waals surface area contributed by atoms with E-state index in [-0.39, 0.29) is 6.04 Å². The lowest BCUT2D eigenvalue weighted by molar-refractivity contribution is 0.725. The number of aromatic nitrogens is 1. The van der Waals surface area contributed by atoms with Crippen LogP contribution in [0.2, 0.25) is 0 Å². The van der Waals surface area contributed by atoms with Gasteiger partial charge >= 0.3 is 0 Å². The molecule has 1 aromatic heterocycles. The molecule has 1 aromatic carbocycles. The summed E-state index contributed by atoms with van der Waals surface area (Å²) in [6.45, 7) is 0. The van der Waals surface area contributed by atoms with Crippen LogP contribution in [0.5, 0.6) is 0 Å². The maximum Gasteiger partial charge on any atom is 0.0794 e. The van der Waals surface area contributed by atoms with Gasteiger partial charge in [0.15, 0.2) is 0 Å². The highest BCUT2D eigenvalue weighted by atomic mass is 79.9. The summed E-state index contributed by atoms with van der Waals surface area (Å²) in [4.78, 5) is 5.26. The van der Waals surface area contributed by atoms with E-state index < -0.39 is 0 Å². The molecule has 0 spiro atoms. The van der Waals surface area contributed by atoms with Crippen molar-refractivity contribution in [3.63, 3.8) is 0 Å². The van der Waals surface area contributed by atoms with Gasteiger partial charge in [-0.25, -0.2) is 0 Å². The Labute approximate surface area is 101 Å². The van der Waals surface area contributed by atoms with Crippen LogP contribution in [-0.4, -0.2) is 4.98 Å². The minimum absolute atomic E-state index is 0.0287. The van der Waals surface area contributed by atoms with Gasteiger partial charge in [0, 0.05) is 28.0 Å². The molecule has 4 heteroatoms. The number of thiazole rings is 1. The molecule has 1 atom stereocenters. The summed E-state index contributed by atoms with van der Waals surface area (Å²) in [6.07, 6.45) is 2.72. The van der Waals surface area contributed by atoms with Crippen molar-refractivity contribution >= 4 is 27.3 Å². The molecule has 0 aliphatic carbocycles. The molecular formula is C11H11BrN2S. The molecule has 0 amide bonds. The second-order valence-corrected chi connectivity index (χ2v) is 5.13. The van der Waals surface area contributed by atoms with Crippen molar-refractivity contribution in [1.29, 1.82) is 0 Å². The highest BCUT2D eigenvalue weighted by molar-refractivity contribution is 9.10. The van der Waals surface area contributed by atoms with Crippen molar-refractivity contribution in [3.05, 3.63) is 50.9 Å². The molecule has 78 valence electrons. The van der Waals surface area contributed by atoms with E-state index in [9.17, 15) is 0 Å². The second kappa shape index (κ2) is 4.88. The number of rotatable bonds is 3. The average molecular weight is 283 g/mol. The smallest absolute Gasteiger partial charge is 0.0794 e. The predicted molar refractivity (Wildman–Crippen MR) is 66.9 cm³/mol. The number of halogens is 1. The van der Waals surface area contributed by atoms with Crippen LogP contribution in [0.3, 0.4) is 0 Å². The van der Waals surface area contributed by atoms with Crippen molar-refractivity contribution < 1.29 is 0 Å². The molecule has 0 aliphatic heterocycles. The molecule has 0 bridgehead atoms. The van der Waals surface area contributed by atoms with Crippen LogP contribution < -0.4 is 5.73 Å². The van der Waals surface area contributed by atoms with Gasteiger partial charge in [-0.1, -0.05) is 34.1 Å². The van der Waals surface area contributed by atoms with Crippen molar-refractivity contribution in [2.24, 2.45) is 5.73 Å². The summed E-state index contributed by atoms with van der Waals surface area (Å²) in [5, 5.41) is 0. The molecule has 15 heavy (non-hydrogen) atoms. The Balaban J connectivity index is 2.15. The van der Waals surface area contributed by atoms with E-state index in [4.69, 9.17) is 5.73 Å². The normalized spacial score (nSPS) is 12.7. The summed E-state index contributed by atoms with van der Waals surface area (Å²) in [7, 11) is 0. The summed E-state index contributed by atoms with van der Waals surface area (Å²) in [5.74, 6) is 0. The number of benzene rings is 1. The van der Waals surface area contributed by atoms with E-state index in [1.165, 1.54) is 4.88 Å². The quantitative estimate of drug-likeness (QED) is 0.939. The Hall–Kier alpha value is -0.710. The number of nitrogens with two attached hydrogens (primary N) is 1. The van der Waals surface area contributed by atoms with Gasteiger partial charge in [0.25, 0.3) is 0 Å². The monoisotopic (exact) mass is 282 g/mol. The van der Waals surface area contributed by atoms with Crippen molar-refractivity contribution in [3.8, 4) is 0 Å². The topological polar surface area (TPSA) is 38.9 Å². The molecule has 2 rings (SSSR count). The van der Waals surface area contributed by atoms with Crippen LogP contribution in [-0.2, 0) is 6.42 Å². The molecule has 2 N–H and O–H groups in total. The van der Waals surface area contributed by atoms with E-state index in [1.54, 1.807) is 11.3 Å². The second-order valence-electron chi connectivity index (χ2n) is 3.30. The maximum absolute atomic E-state index is 6.14. The molecule has 1 unspecified atom stereocenters. The Morgan fingerprint density at radius 3 is 2.87 bits per heavy atom. The van der Waals surface area contributed by atoms with Gasteiger partial charge in [-0.15, -0.1) is 11.3 Å². The first-order valence-electron chi connectivity index (χ1n) is 4.65. The van der Waals surface area contributed by atoms with Crippen LogP contribution in [0.15, 0.2) is 40.4 Å². The Bertz CT molecular complexity index is 428.